The number of methoxy groups -OCH3 is 2. The summed E-state index contributed by atoms with van der Waals surface area (Å²) in [4.78, 5) is 89.6. The van der Waals surface area contributed by atoms with Gasteiger partial charge < -0.3 is 52.4 Å². The molecule has 19 heteroatoms. The third-order valence-corrected chi connectivity index (χ3v) is 27.7. The number of ketones is 1. The van der Waals surface area contributed by atoms with Gasteiger partial charge in [-0.15, -0.1) is 0 Å². The third kappa shape index (κ3) is 10.9. The van der Waals surface area contributed by atoms with Crippen LogP contribution in [0.1, 0.15) is 128 Å². The maximum Gasteiger partial charge on any atom is 0.342 e. The number of esters is 4. The molecule has 17 nitrogen and oxygen atoms in total. The van der Waals surface area contributed by atoms with Crippen LogP contribution in [0.2, 0.25) is 36.3 Å². The molecular formula is C61H83NO16Si2. The highest BCUT2D eigenvalue weighted by molar-refractivity contribution is 6.74. The number of carbonyl (C=O) groups excluding carboxylic acids is 6. The number of hydrogen-bond acceptors (Lipinski definition) is 16. The molecule has 2 bridgehead atoms. The second-order valence-electron chi connectivity index (χ2n) is 24.2. The SMILES string of the molecule is CC[Si](CC)(CC)O[C@H]1C[C@H]2OC[C@@]2(OC(C)=O)[C@H]2[C@H](OC(=O)c3cccc(OC)c3OC)[C@]3(O)C[C@H](OC(=O)[C@H](O[Si](C)(C)C(C)(C)C)[C@@H](NC(=O)c4ccccc4)c4ccccc4)C(C)=C([C@@H](OC(C)=O)C(=O)[C@]12C)C3(C)C. The monoisotopic (exact) mass is 1140 g/mol. The smallest absolute Gasteiger partial charge is 0.342 e. The molecule has 436 valence electrons. The van der Waals surface area contributed by atoms with Crippen molar-refractivity contribution in [1.29, 1.82) is 0 Å². The fraction of sp³-hybridized carbons (Fsp3) is 0.574. The summed E-state index contributed by atoms with van der Waals surface area (Å²) >= 11 is 0. The van der Waals surface area contributed by atoms with Gasteiger partial charge in [-0.3, -0.25) is 19.2 Å². The van der Waals surface area contributed by atoms with Crippen LogP contribution in [0.4, 0.5) is 0 Å². The number of ether oxygens (including phenoxy) is 7. The number of fused-ring (bicyclic) bond motifs is 5. The van der Waals surface area contributed by atoms with Crippen molar-refractivity contribution >= 4 is 52.2 Å². The van der Waals surface area contributed by atoms with E-state index in [1.165, 1.54) is 34.1 Å². The van der Waals surface area contributed by atoms with E-state index < -0.39 is 134 Å². The second kappa shape index (κ2) is 23.3. The van der Waals surface area contributed by atoms with Gasteiger partial charge >= 0.3 is 23.9 Å². The highest BCUT2D eigenvalue weighted by atomic mass is 28.4. The van der Waals surface area contributed by atoms with Gasteiger partial charge in [-0.2, -0.15) is 0 Å². The molecule has 3 fully saturated rings. The normalized spacial score (nSPS) is 28.0. The van der Waals surface area contributed by atoms with Gasteiger partial charge in [0.05, 0.1) is 44.3 Å². The fourth-order valence-corrected chi connectivity index (χ4v) is 16.9. The zero-order valence-corrected chi connectivity index (χ0v) is 51.4. The van der Waals surface area contributed by atoms with Crippen LogP contribution < -0.4 is 14.8 Å². The lowest BCUT2D eigenvalue weighted by atomic mass is 9.44. The van der Waals surface area contributed by atoms with Gasteiger partial charge in [0, 0.05) is 37.7 Å². The lowest BCUT2D eigenvalue weighted by molar-refractivity contribution is -0.344. The molecule has 0 spiro atoms. The molecular weight excluding hydrogens is 1060 g/mol. The van der Waals surface area contributed by atoms with Gasteiger partial charge in [0.25, 0.3) is 5.91 Å². The Labute approximate surface area is 473 Å². The Morgan fingerprint density at radius 2 is 1.44 bits per heavy atom. The summed E-state index contributed by atoms with van der Waals surface area (Å²) in [6.45, 7) is 24.9. The van der Waals surface area contributed by atoms with Crippen molar-refractivity contribution in [2.24, 2.45) is 16.7 Å². The molecule has 2 N–H and O–H groups in total. The van der Waals surface area contributed by atoms with Crippen LogP contribution in [0.25, 0.3) is 0 Å². The van der Waals surface area contributed by atoms with Crippen LogP contribution in [-0.4, -0.2) is 126 Å². The Bertz CT molecular complexity index is 2840. The first kappa shape index (κ1) is 61.9. The average Bonchev–Trinajstić information content (AvgIpc) is 2.91. The minimum absolute atomic E-state index is 0.0202. The Morgan fingerprint density at radius 3 is 1.96 bits per heavy atom. The molecule has 3 aliphatic carbocycles. The zero-order chi connectivity index (χ0) is 59.1. The Morgan fingerprint density at radius 1 is 0.825 bits per heavy atom. The fourth-order valence-electron chi connectivity index (χ4n) is 12.7. The van der Waals surface area contributed by atoms with Gasteiger partial charge in [0.2, 0.25) is 0 Å². The molecule has 0 unspecified atom stereocenters. The quantitative estimate of drug-likeness (QED) is 0.0494. The summed E-state index contributed by atoms with van der Waals surface area (Å²) < 4.78 is 58.6. The maximum atomic E-state index is 16.8. The van der Waals surface area contributed by atoms with E-state index in [4.69, 9.17) is 42.0 Å². The number of carbonyl (C=O) groups is 6. The Hall–Kier alpha value is -5.71. The largest absolute Gasteiger partial charge is 0.493 e. The van der Waals surface area contributed by atoms with Crippen LogP contribution >= 0.6 is 0 Å². The molecule has 1 aliphatic heterocycles. The van der Waals surface area contributed by atoms with Crippen molar-refractivity contribution in [3.8, 4) is 11.5 Å². The van der Waals surface area contributed by atoms with Crippen molar-refractivity contribution in [2.45, 2.75) is 186 Å². The predicted octanol–water partition coefficient (Wildman–Crippen LogP) is 9.81. The van der Waals surface area contributed by atoms with E-state index in [9.17, 15) is 19.5 Å². The summed E-state index contributed by atoms with van der Waals surface area (Å²) in [5, 5.41) is 17.2. The van der Waals surface area contributed by atoms with Gasteiger partial charge in [-0.25, -0.2) is 9.59 Å². The van der Waals surface area contributed by atoms with E-state index in [0.717, 1.165) is 0 Å². The van der Waals surface area contributed by atoms with Crippen molar-refractivity contribution in [3.05, 3.63) is 107 Å². The third-order valence-electron chi connectivity index (χ3n) is 18.6. The van der Waals surface area contributed by atoms with Crippen molar-refractivity contribution in [3.63, 3.8) is 0 Å². The summed E-state index contributed by atoms with van der Waals surface area (Å²) in [6.07, 6.45) is -8.98. The van der Waals surface area contributed by atoms with Gasteiger partial charge in [0.1, 0.15) is 29.5 Å². The summed E-state index contributed by atoms with van der Waals surface area (Å²) in [6, 6.07) is 23.0. The first-order chi connectivity index (χ1) is 37.5. The Kier molecular flexibility index (Phi) is 18.0. The van der Waals surface area contributed by atoms with Crippen molar-refractivity contribution in [1.82, 2.24) is 5.32 Å². The van der Waals surface area contributed by atoms with Gasteiger partial charge in [-0.1, -0.05) is 110 Å². The van der Waals surface area contributed by atoms with Crippen molar-refractivity contribution in [2.75, 3.05) is 20.8 Å². The van der Waals surface area contributed by atoms with Gasteiger partial charge in [0.15, 0.2) is 51.7 Å². The van der Waals surface area contributed by atoms with Crippen LogP contribution in [0, 0.1) is 16.7 Å². The number of para-hydroxylation sites is 1. The van der Waals surface area contributed by atoms with Crippen LogP contribution in [0.3, 0.4) is 0 Å². The summed E-state index contributed by atoms with van der Waals surface area (Å²) in [5.41, 5.74) is -6.63. The lowest BCUT2D eigenvalue weighted by Gasteiger charge is -2.68. The first-order valence-electron chi connectivity index (χ1n) is 27.8. The molecule has 0 aromatic heterocycles. The number of Topliss-reactive ketones (excluding diaryl/α,β-unsaturated/α-hetero) is 1. The number of hydrogen-bond donors (Lipinski definition) is 2. The van der Waals surface area contributed by atoms with Crippen LogP contribution in [0.15, 0.2) is 90.0 Å². The topological polar surface area (TPSA) is 218 Å². The molecule has 3 aromatic carbocycles. The average molecular weight is 1140 g/mol. The lowest BCUT2D eigenvalue weighted by Crippen LogP contribution is -2.82. The number of aliphatic hydroxyl groups is 1. The number of rotatable bonds is 19. The summed E-state index contributed by atoms with van der Waals surface area (Å²) in [5.74, 6) is -5.92. The molecule has 0 radical (unpaired) electrons. The Balaban J connectivity index is 1.52. The molecule has 7 rings (SSSR count). The highest BCUT2D eigenvalue weighted by Gasteiger charge is 2.79. The van der Waals surface area contributed by atoms with E-state index in [1.54, 1.807) is 94.4 Å². The molecule has 11 atom stereocenters. The molecule has 4 aliphatic rings. The number of benzene rings is 3. The van der Waals surface area contributed by atoms with Crippen LogP contribution in [-0.2, 0) is 51.7 Å². The number of amides is 1. The molecule has 1 saturated heterocycles. The first-order valence-corrected chi connectivity index (χ1v) is 33.3. The zero-order valence-electron chi connectivity index (χ0n) is 49.4. The second-order valence-corrected chi connectivity index (χ2v) is 33.7. The molecule has 3 aromatic rings. The predicted molar refractivity (Wildman–Crippen MR) is 303 cm³/mol. The standard InChI is InChI=1S/C61H83NO16Si2/c1-17-80(18-2,19-3)77-44-33-45-60(35-72-45,76-38(6)64)51-53(75-55(67)41-31-26-32-42(70-13)48(41)71-14)61(69)34-43(36(4)46(58(61,10)11)49(73-37(5)63)52(65)59(44,51)12)74-56(68)50(78-79(15,16)57(7,8)9)47(39-27-22-20-23-28-39)62-54(66)40-29-24-21-25-30-40/h20-32,43-45,47,49-51,53,69H,17-19,33-35H2,1-16H3,(H,62,66)/t43-,44-,45+,47-,49+,50+,51-,53-,59+,60-,61+/m0/s1. The molecule has 2 saturated carbocycles. The molecule has 1 amide bonds. The minimum atomic E-state index is -2.97. The van der Waals surface area contributed by atoms with E-state index in [-0.39, 0.29) is 41.2 Å². The van der Waals surface area contributed by atoms with Crippen molar-refractivity contribution < 1.29 is 75.9 Å². The highest BCUT2D eigenvalue weighted by Crippen LogP contribution is 2.65. The van der Waals surface area contributed by atoms with Gasteiger partial charge in [-0.05, 0) is 91.1 Å². The van der Waals surface area contributed by atoms with E-state index in [0.29, 0.717) is 29.3 Å². The van der Waals surface area contributed by atoms with E-state index >= 15 is 14.4 Å². The molecule has 1 heterocycles. The maximum absolute atomic E-state index is 16.8. The van der Waals surface area contributed by atoms with E-state index in [1.807, 2.05) is 60.7 Å². The van der Waals surface area contributed by atoms with Crippen LogP contribution in [0.5, 0.6) is 11.5 Å². The number of nitrogens with one attached hydrogen (secondary N) is 1. The molecule has 80 heavy (non-hydrogen) atoms. The van der Waals surface area contributed by atoms with E-state index in [2.05, 4.69) is 5.32 Å². The summed E-state index contributed by atoms with van der Waals surface area (Å²) in [7, 11) is -2.90. The minimum Gasteiger partial charge on any atom is -0.493 e.